The van der Waals surface area contributed by atoms with Crippen molar-refractivity contribution >= 4 is 11.3 Å². The van der Waals surface area contributed by atoms with Gasteiger partial charge in [-0.1, -0.05) is 6.58 Å². The molecule has 0 unspecified atom stereocenters. The minimum absolute atomic E-state index is 0.361. The fraction of sp³-hybridized carbons (Fsp3) is 0.100. The van der Waals surface area contributed by atoms with Crippen molar-refractivity contribution in [1.82, 2.24) is 0 Å². The fourth-order valence-corrected chi connectivity index (χ4v) is 1.00. The molecule has 1 aromatic carbocycles. The Morgan fingerprint density at radius 3 is 2.77 bits per heavy atom. The van der Waals surface area contributed by atoms with E-state index >= 15 is 0 Å². The molecule has 0 aliphatic carbocycles. The zero-order chi connectivity index (χ0) is 9.84. The number of ether oxygens (including phenoxy) is 1. The highest BCUT2D eigenvalue weighted by molar-refractivity contribution is 5.82. The summed E-state index contributed by atoms with van der Waals surface area (Å²) in [7, 11) is 1.56. The molecule has 0 amide bonds. The molecule has 0 atom stereocenters. The molecule has 0 aliphatic heterocycles. The van der Waals surface area contributed by atoms with E-state index in [0.29, 0.717) is 22.6 Å². The zero-order valence-electron chi connectivity index (χ0n) is 7.37. The third-order valence-corrected chi connectivity index (χ3v) is 1.72. The maximum atomic E-state index is 8.60. The standard InChI is InChI=1S/C10H10N2O/c1-7(6-11)9-4-3-8(13-2)5-10(9)12/h3-5H,1,12H2,2H3. The molecule has 3 nitrogen and oxygen atoms in total. The topological polar surface area (TPSA) is 59.0 Å². The van der Waals surface area contributed by atoms with Crippen LogP contribution in [0.5, 0.6) is 5.75 Å². The SMILES string of the molecule is C=C(C#N)c1ccc(OC)cc1N. The molecule has 0 saturated heterocycles. The Kier molecular flexibility index (Phi) is 2.56. The summed E-state index contributed by atoms with van der Waals surface area (Å²) in [4.78, 5) is 0. The number of benzene rings is 1. The van der Waals surface area contributed by atoms with Gasteiger partial charge in [0.05, 0.1) is 18.8 Å². The predicted octanol–water partition coefficient (Wildman–Crippen LogP) is 1.81. The van der Waals surface area contributed by atoms with Crippen molar-refractivity contribution in [3.05, 3.63) is 30.3 Å². The molecule has 66 valence electrons. The van der Waals surface area contributed by atoms with Gasteiger partial charge in [-0.05, 0) is 12.1 Å². The average Bonchev–Trinajstić information content (AvgIpc) is 2.16. The number of nitriles is 1. The number of methoxy groups -OCH3 is 1. The molecule has 0 radical (unpaired) electrons. The summed E-state index contributed by atoms with van der Waals surface area (Å²) in [6, 6.07) is 7.07. The molecule has 1 rings (SSSR count). The van der Waals surface area contributed by atoms with Crippen molar-refractivity contribution < 1.29 is 4.74 Å². The highest BCUT2D eigenvalue weighted by Gasteiger charge is 2.03. The number of nitrogen functional groups attached to an aromatic ring is 1. The molecule has 0 fully saturated rings. The second kappa shape index (κ2) is 3.63. The fourth-order valence-electron chi connectivity index (χ4n) is 1.00. The Morgan fingerprint density at radius 1 is 1.62 bits per heavy atom. The maximum Gasteiger partial charge on any atom is 0.120 e. The summed E-state index contributed by atoms with van der Waals surface area (Å²) in [5.74, 6) is 0.673. The molecular weight excluding hydrogens is 164 g/mol. The number of nitrogens with zero attached hydrogens (tertiary/aromatic N) is 1. The first-order chi connectivity index (χ1) is 6.19. The number of nitrogens with two attached hydrogens (primary N) is 1. The summed E-state index contributed by atoms with van der Waals surface area (Å²) in [5, 5.41) is 8.60. The van der Waals surface area contributed by atoms with E-state index in [2.05, 4.69) is 6.58 Å². The lowest BCUT2D eigenvalue weighted by Crippen LogP contribution is -1.93. The van der Waals surface area contributed by atoms with Crippen molar-refractivity contribution in [2.45, 2.75) is 0 Å². The number of rotatable bonds is 2. The Labute approximate surface area is 77.0 Å². The lowest BCUT2D eigenvalue weighted by Gasteiger charge is -2.05. The number of hydrogen-bond donors (Lipinski definition) is 1. The quantitative estimate of drug-likeness (QED) is 0.549. The van der Waals surface area contributed by atoms with Crippen LogP contribution in [0.2, 0.25) is 0 Å². The van der Waals surface area contributed by atoms with Gasteiger partial charge >= 0.3 is 0 Å². The van der Waals surface area contributed by atoms with Crippen LogP contribution in [-0.4, -0.2) is 7.11 Å². The molecule has 0 saturated carbocycles. The highest BCUT2D eigenvalue weighted by Crippen LogP contribution is 2.24. The van der Waals surface area contributed by atoms with Crippen LogP contribution in [0.15, 0.2) is 24.8 Å². The van der Waals surface area contributed by atoms with Crippen LogP contribution in [0.25, 0.3) is 5.57 Å². The molecule has 13 heavy (non-hydrogen) atoms. The first kappa shape index (κ1) is 9.14. The van der Waals surface area contributed by atoms with Crippen molar-refractivity contribution in [3.63, 3.8) is 0 Å². The van der Waals surface area contributed by atoms with E-state index in [0.717, 1.165) is 0 Å². The van der Waals surface area contributed by atoms with Crippen LogP contribution in [0.4, 0.5) is 5.69 Å². The van der Waals surface area contributed by atoms with Gasteiger partial charge < -0.3 is 10.5 Å². The van der Waals surface area contributed by atoms with Gasteiger partial charge in [0.1, 0.15) is 5.75 Å². The van der Waals surface area contributed by atoms with Crippen LogP contribution >= 0.6 is 0 Å². The normalized spacial score (nSPS) is 8.92. The Hall–Kier alpha value is -1.95. The summed E-state index contributed by atoms with van der Waals surface area (Å²) in [5.41, 5.74) is 7.20. The summed E-state index contributed by atoms with van der Waals surface area (Å²) < 4.78 is 4.97. The molecule has 2 N–H and O–H groups in total. The van der Waals surface area contributed by atoms with E-state index in [1.54, 1.807) is 25.3 Å². The first-order valence-corrected chi connectivity index (χ1v) is 3.72. The maximum absolute atomic E-state index is 8.60. The number of allylic oxidation sites excluding steroid dienone is 1. The van der Waals surface area contributed by atoms with Gasteiger partial charge in [-0.2, -0.15) is 5.26 Å². The minimum atomic E-state index is 0.361. The van der Waals surface area contributed by atoms with E-state index in [-0.39, 0.29) is 0 Å². The van der Waals surface area contributed by atoms with E-state index < -0.39 is 0 Å². The minimum Gasteiger partial charge on any atom is -0.497 e. The molecule has 3 heteroatoms. The van der Waals surface area contributed by atoms with Crippen LogP contribution < -0.4 is 10.5 Å². The second-order valence-corrected chi connectivity index (χ2v) is 2.54. The van der Waals surface area contributed by atoms with Gasteiger partial charge in [-0.15, -0.1) is 0 Å². The Morgan fingerprint density at radius 2 is 2.31 bits per heavy atom. The predicted molar refractivity (Wildman–Crippen MR) is 52.1 cm³/mol. The van der Waals surface area contributed by atoms with Gasteiger partial charge in [0.15, 0.2) is 0 Å². The van der Waals surface area contributed by atoms with Gasteiger partial charge in [0.2, 0.25) is 0 Å². The Balaban J connectivity index is 3.14. The summed E-state index contributed by atoms with van der Waals surface area (Å²) in [6.07, 6.45) is 0. The highest BCUT2D eigenvalue weighted by atomic mass is 16.5. The van der Waals surface area contributed by atoms with E-state index in [9.17, 15) is 0 Å². The van der Waals surface area contributed by atoms with Crippen molar-refractivity contribution in [1.29, 1.82) is 5.26 Å². The zero-order valence-corrected chi connectivity index (χ0v) is 7.37. The van der Waals surface area contributed by atoms with Gasteiger partial charge in [-0.3, -0.25) is 0 Å². The van der Waals surface area contributed by atoms with Crippen LogP contribution in [0.1, 0.15) is 5.56 Å². The largest absolute Gasteiger partial charge is 0.497 e. The molecule has 0 aliphatic rings. The van der Waals surface area contributed by atoms with Crippen molar-refractivity contribution in [3.8, 4) is 11.8 Å². The molecular formula is C10H10N2O. The number of hydrogen-bond acceptors (Lipinski definition) is 3. The summed E-state index contributed by atoms with van der Waals surface area (Å²) >= 11 is 0. The lowest BCUT2D eigenvalue weighted by atomic mass is 10.1. The van der Waals surface area contributed by atoms with Crippen LogP contribution in [-0.2, 0) is 0 Å². The smallest absolute Gasteiger partial charge is 0.120 e. The van der Waals surface area contributed by atoms with E-state index in [4.69, 9.17) is 15.7 Å². The average molecular weight is 174 g/mol. The third-order valence-electron chi connectivity index (χ3n) is 1.72. The molecule has 0 bridgehead atoms. The molecule has 0 spiro atoms. The van der Waals surface area contributed by atoms with Crippen molar-refractivity contribution in [2.24, 2.45) is 0 Å². The second-order valence-electron chi connectivity index (χ2n) is 2.54. The third kappa shape index (κ3) is 1.79. The van der Waals surface area contributed by atoms with Gasteiger partial charge in [-0.25, -0.2) is 0 Å². The number of anilines is 1. The van der Waals surface area contributed by atoms with E-state index in [1.807, 2.05) is 6.07 Å². The van der Waals surface area contributed by atoms with Crippen molar-refractivity contribution in [2.75, 3.05) is 12.8 Å². The Bertz CT molecular complexity index is 377. The lowest BCUT2D eigenvalue weighted by molar-refractivity contribution is 0.415. The monoisotopic (exact) mass is 174 g/mol. The molecule has 1 aromatic rings. The summed E-state index contributed by atoms with van der Waals surface area (Å²) in [6.45, 7) is 3.58. The van der Waals surface area contributed by atoms with Gasteiger partial charge in [0, 0.05) is 17.3 Å². The van der Waals surface area contributed by atoms with E-state index in [1.165, 1.54) is 0 Å². The van der Waals surface area contributed by atoms with Crippen LogP contribution in [0.3, 0.4) is 0 Å². The first-order valence-electron chi connectivity index (χ1n) is 3.72. The van der Waals surface area contributed by atoms with Crippen LogP contribution in [0, 0.1) is 11.3 Å². The molecule has 0 aromatic heterocycles. The molecule has 0 heterocycles. The van der Waals surface area contributed by atoms with Gasteiger partial charge in [0.25, 0.3) is 0 Å².